The minimum atomic E-state index is -0.700. The van der Waals surface area contributed by atoms with Crippen molar-refractivity contribution < 1.29 is 14.0 Å². The van der Waals surface area contributed by atoms with E-state index in [4.69, 9.17) is 14.0 Å². The molecule has 1 heterocycles. The van der Waals surface area contributed by atoms with Gasteiger partial charge >= 0.3 is 7.12 Å². The summed E-state index contributed by atoms with van der Waals surface area (Å²) in [4.78, 5) is 0. The molecule has 1 fully saturated rings. The molecule has 3 aromatic rings. The molecule has 0 unspecified atom stereocenters. The molecule has 4 heteroatoms. The third-order valence-electron chi connectivity index (χ3n) is 7.02. The lowest BCUT2D eigenvalue weighted by Crippen LogP contribution is -2.41. The van der Waals surface area contributed by atoms with Crippen LogP contribution in [0.4, 0.5) is 0 Å². The molecule has 0 radical (unpaired) electrons. The number of ether oxygens (including phenoxy) is 1. The number of hydrogen-bond donors (Lipinski definition) is 0. The molecule has 0 amide bonds. The SMILES string of the molecule is C[C@@H](COC(c1ccccc1)(c1ccccc1)c1ccccc1)CB1OC(C)(C)C(C)(C)O1. The Kier molecular flexibility index (Phi) is 6.81. The van der Waals surface area contributed by atoms with Crippen LogP contribution < -0.4 is 0 Å². The van der Waals surface area contributed by atoms with Crippen LogP contribution in [0.5, 0.6) is 0 Å². The molecule has 1 saturated heterocycles. The van der Waals surface area contributed by atoms with E-state index in [1.165, 1.54) is 0 Å². The molecule has 0 N–H and O–H groups in total. The van der Waals surface area contributed by atoms with Crippen LogP contribution >= 0.6 is 0 Å². The number of hydrogen-bond acceptors (Lipinski definition) is 3. The van der Waals surface area contributed by atoms with Crippen molar-refractivity contribution in [2.24, 2.45) is 5.92 Å². The topological polar surface area (TPSA) is 27.7 Å². The van der Waals surface area contributed by atoms with Gasteiger partial charge in [0.15, 0.2) is 0 Å². The summed E-state index contributed by atoms with van der Waals surface area (Å²) in [5, 5.41) is 0. The maximum absolute atomic E-state index is 6.95. The van der Waals surface area contributed by atoms with Crippen LogP contribution in [0, 0.1) is 5.92 Å². The fourth-order valence-electron chi connectivity index (χ4n) is 4.49. The first-order valence-corrected chi connectivity index (χ1v) is 11.9. The van der Waals surface area contributed by atoms with Gasteiger partial charge in [0.25, 0.3) is 0 Å². The highest BCUT2D eigenvalue weighted by atomic mass is 16.7. The Bertz CT molecular complexity index is 906. The van der Waals surface area contributed by atoms with Gasteiger partial charge in [-0.05, 0) is 56.6 Å². The zero-order valence-corrected chi connectivity index (χ0v) is 20.5. The molecular weight excluding hydrogens is 407 g/mol. The zero-order valence-electron chi connectivity index (χ0n) is 20.5. The number of benzene rings is 3. The van der Waals surface area contributed by atoms with Gasteiger partial charge < -0.3 is 14.0 Å². The summed E-state index contributed by atoms with van der Waals surface area (Å²) in [6.45, 7) is 11.2. The molecule has 4 rings (SSSR count). The fraction of sp³-hybridized carbons (Fsp3) is 0.379. The Hall–Kier alpha value is -2.40. The van der Waals surface area contributed by atoms with Gasteiger partial charge in [-0.3, -0.25) is 0 Å². The van der Waals surface area contributed by atoms with Crippen molar-refractivity contribution >= 4 is 7.12 Å². The minimum Gasteiger partial charge on any atom is -0.403 e. The summed E-state index contributed by atoms with van der Waals surface area (Å²) in [6, 6.07) is 31.5. The van der Waals surface area contributed by atoms with Gasteiger partial charge in [0.2, 0.25) is 0 Å². The quantitative estimate of drug-likeness (QED) is 0.286. The van der Waals surface area contributed by atoms with Gasteiger partial charge in [0.05, 0.1) is 17.8 Å². The van der Waals surface area contributed by atoms with Crippen molar-refractivity contribution in [2.45, 2.75) is 57.7 Å². The van der Waals surface area contributed by atoms with Gasteiger partial charge in [-0.15, -0.1) is 0 Å². The maximum atomic E-state index is 6.95. The van der Waals surface area contributed by atoms with Crippen molar-refractivity contribution in [3.05, 3.63) is 108 Å². The van der Waals surface area contributed by atoms with Gasteiger partial charge in [0, 0.05) is 0 Å². The molecule has 172 valence electrons. The van der Waals surface area contributed by atoms with Crippen LogP contribution in [-0.2, 0) is 19.6 Å². The van der Waals surface area contributed by atoms with E-state index < -0.39 is 5.60 Å². The van der Waals surface area contributed by atoms with E-state index in [9.17, 15) is 0 Å². The number of rotatable bonds is 8. The molecule has 1 aliphatic heterocycles. The fourth-order valence-corrected chi connectivity index (χ4v) is 4.49. The Morgan fingerprint density at radius 1 is 0.697 bits per heavy atom. The Morgan fingerprint density at radius 3 is 1.42 bits per heavy atom. The van der Waals surface area contributed by atoms with Gasteiger partial charge in [-0.25, -0.2) is 0 Å². The lowest BCUT2D eigenvalue weighted by molar-refractivity contribution is -0.00334. The second-order valence-electron chi connectivity index (χ2n) is 10.1. The maximum Gasteiger partial charge on any atom is 0.458 e. The van der Waals surface area contributed by atoms with E-state index in [0.29, 0.717) is 6.61 Å². The predicted octanol–water partition coefficient (Wildman–Crippen LogP) is 6.72. The second-order valence-corrected chi connectivity index (χ2v) is 10.1. The first-order valence-electron chi connectivity index (χ1n) is 11.9. The molecule has 3 aromatic carbocycles. The summed E-state index contributed by atoms with van der Waals surface area (Å²) < 4.78 is 19.4. The van der Waals surface area contributed by atoms with E-state index in [0.717, 1.165) is 23.0 Å². The van der Waals surface area contributed by atoms with Crippen molar-refractivity contribution in [3.8, 4) is 0 Å². The summed E-state index contributed by atoms with van der Waals surface area (Å²) >= 11 is 0. The average Bonchev–Trinajstić information content (AvgIpc) is 3.02. The normalized spacial score (nSPS) is 18.3. The van der Waals surface area contributed by atoms with Crippen molar-refractivity contribution in [3.63, 3.8) is 0 Å². The highest BCUT2D eigenvalue weighted by Crippen LogP contribution is 2.42. The van der Waals surface area contributed by atoms with Crippen LogP contribution in [0.1, 0.15) is 51.3 Å². The zero-order chi connectivity index (χ0) is 23.5. The van der Waals surface area contributed by atoms with Crippen molar-refractivity contribution in [1.82, 2.24) is 0 Å². The van der Waals surface area contributed by atoms with Crippen LogP contribution in [0.25, 0.3) is 0 Å². The lowest BCUT2D eigenvalue weighted by Gasteiger charge is -2.37. The highest BCUT2D eigenvalue weighted by Gasteiger charge is 2.51. The summed E-state index contributed by atoms with van der Waals surface area (Å²) in [7, 11) is -0.229. The second kappa shape index (κ2) is 9.46. The summed E-state index contributed by atoms with van der Waals surface area (Å²) in [5.74, 6) is 0.246. The molecule has 3 nitrogen and oxygen atoms in total. The third-order valence-corrected chi connectivity index (χ3v) is 7.02. The van der Waals surface area contributed by atoms with Crippen LogP contribution in [0.2, 0.25) is 6.32 Å². The van der Waals surface area contributed by atoms with Crippen LogP contribution in [-0.4, -0.2) is 24.9 Å². The first-order chi connectivity index (χ1) is 15.7. The molecular formula is C29H35BO3. The van der Waals surface area contributed by atoms with E-state index in [1.807, 2.05) is 18.2 Å². The van der Waals surface area contributed by atoms with Crippen molar-refractivity contribution in [2.75, 3.05) is 6.61 Å². The summed E-state index contributed by atoms with van der Waals surface area (Å²) in [6.07, 6.45) is 0.779. The molecule has 1 aliphatic rings. The average molecular weight is 442 g/mol. The Morgan fingerprint density at radius 2 is 1.06 bits per heavy atom. The largest absolute Gasteiger partial charge is 0.458 e. The molecule has 1 atom stereocenters. The monoisotopic (exact) mass is 442 g/mol. The van der Waals surface area contributed by atoms with Crippen LogP contribution in [0.3, 0.4) is 0 Å². The van der Waals surface area contributed by atoms with Crippen molar-refractivity contribution in [1.29, 1.82) is 0 Å². The smallest absolute Gasteiger partial charge is 0.403 e. The molecule has 0 bridgehead atoms. The van der Waals surface area contributed by atoms with Gasteiger partial charge in [0.1, 0.15) is 5.60 Å². The summed E-state index contributed by atoms with van der Waals surface area (Å²) in [5.41, 5.74) is 2.01. The predicted molar refractivity (Wildman–Crippen MR) is 135 cm³/mol. The molecule has 0 aromatic heterocycles. The van der Waals surface area contributed by atoms with E-state index in [-0.39, 0.29) is 24.2 Å². The first kappa shape index (κ1) is 23.8. The molecule has 33 heavy (non-hydrogen) atoms. The molecule has 0 saturated carbocycles. The van der Waals surface area contributed by atoms with Gasteiger partial charge in [-0.2, -0.15) is 0 Å². The molecule has 0 aliphatic carbocycles. The highest BCUT2D eigenvalue weighted by molar-refractivity contribution is 6.45. The van der Waals surface area contributed by atoms with E-state index in [2.05, 4.69) is 107 Å². The third kappa shape index (κ3) is 4.79. The molecule has 0 spiro atoms. The Labute approximate surface area is 199 Å². The van der Waals surface area contributed by atoms with Gasteiger partial charge in [-0.1, -0.05) is 97.9 Å². The van der Waals surface area contributed by atoms with E-state index in [1.54, 1.807) is 0 Å². The minimum absolute atomic E-state index is 0.229. The standard InChI is InChI=1S/C29H35BO3/c1-23(21-30-32-27(2,3)28(4,5)33-30)22-31-29(24-15-9-6-10-16-24,25-17-11-7-12-18-25)26-19-13-8-14-20-26/h6-20,23H,21-22H2,1-5H3/t23-/m1/s1. The van der Waals surface area contributed by atoms with Crippen LogP contribution in [0.15, 0.2) is 91.0 Å². The van der Waals surface area contributed by atoms with E-state index >= 15 is 0 Å². The Balaban J connectivity index is 1.64. The lowest BCUT2D eigenvalue weighted by atomic mass is 9.77.